The van der Waals surface area contributed by atoms with Crippen LogP contribution in [0.3, 0.4) is 0 Å². The molecule has 1 saturated carbocycles. The summed E-state index contributed by atoms with van der Waals surface area (Å²) in [5.41, 5.74) is 5.92. The zero-order chi connectivity index (χ0) is 9.14. The van der Waals surface area contributed by atoms with Gasteiger partial charge in [0.25, 0.3) is 0 Å². The van der Waals surface area contributed by atoms with Crippen molar-refractivity contribution in [2.24, 2.45) is 0 Å². The van der Waals surface area contributed by atoms with E-state index in [2.05, 4.69) is 10.3 Å². The molecule has 1 rings (SSSR count). The van der Waals surface area contributed by atoms with Crippen molar-refractivity contribution >= 4 is 0 Å². The average molecular weight is 171 g/mol. The van der Waals surface area contributed by atoms with Crippen LogP contribution in [0.2, 0.25) is 0 Å². The number of nitrogens with zero attached hydrogens (tertiary/aromatic N) is 3. The Labute approximate surface area is 72.1 Å². The van der Waals surface area contributed by atoms with E-state index in [4.69, 9.17) is 0 Å². The number of hydrogen-bond donors (Lipinski definition) is 0. The van der Waals surface area contributed by atoms with Gasteiger partial charge < -0.3 is 15.8 Å². The van der Waals surface area contributed by atoms with Gasteiger partial charge in [-0.15, -0.1) is 7.05 Å². The monoisotopic (exact) mass is 171 g/mol. The van der Waals surface area contributed by atoms with Crippen LogP contribution in [0.1, 0.15) is 19.8 Å². The fourth-order valence-corrected chi connectivity index (χ4v) is 0.989. The second kappa shape index (κ2) is 3.86. The van der Waals surface area contributed by atoms with Crippen LogP contribution in [0, 0.1) is 5.21 Å². The Morgan fingerprint density at radius 1 is 1.58 bits per heavy atom. The summed E-state index contributed by atoms with van der Waals surface area (Å²) < 4.78 is 0. The molecule has 1 aliphatic carbocycles. The smallest absolute Gasteiger partial charge is 0.0584 e. The third kappa shape index (κ3) is 1.95. The van der Waals surface area contributed by atoms with Gasteiger partial charge in [-0.25, -0.2) is 0 Å². The molecule has 0 unspecified atom stereocenters. The molecule has 1 fully saturated rings. The first kappa shape index (κ1) is 9.47. The van der Waals surface area contributed by atoms with Crippen LogP contribution in [0.4, 0.5) is 0 Å². The zero-order valence-electron chi connectivity index (χ0n) is 7.57. The molecule has 5 heteroatoms. The Morgan fingerprint density at radius 3 is 2.50 bits per heavy atom. The predicted octanol–water partition coefficient (Wildman–Crippen LogP) is 1.55. The van der Waals surface area contributed by atoms with Crippen LogP contribution in [-0.2, 0) is 4.84 Å². The molecule has 0 N–H and O–H groups in total. The highest BCUT2D eigenvalue weighted by Crippen LogP contribution is 2.33. The van der Waals surface area contributed by atoms with E-state index in [1.165, 1.54) is 17.8 Å². The summed E-state index contributed by atoms with van der Waals surface area (Å²) in [6, 6.07) is 0. The Morgan fingerprint density at radius 2 is 2.17 bits per heavy atom. The molecule has 0 aromatic carbocycles. The highest BCUT2D eigenvalue weighted by Gasteiger charge is 2.16. The first-order valence-electron chi connectivity index (χ1n) is 3.80. The van der Waals surface area contributed by atoms with Gasteiger partial charge >= 0.3 is 0 Å². The largest absolute Gasteiger partial charge is 0.744 e. The normalized spacial score (nSPS) is 15.2. The third-order valence-corrected chi connectivity index (χ3v) is 1.81. The van der Waals surface area contributed by atoms with Crippen LogP contribution < -0.4 is 0 Å². The van der Waals surface area contributed by atoms with E-state index in [1.54, 1.807) is 7.05 Å². The molecule has 0 bridgehead atoms. The van der Waals surface area contributed by atoms with Crippen molar-refractivity contribution in [3.05, 3.63) is 21.9 Å². The molecule has 0 aromatic rings. The topological polar surface area (TPSA) is 52.9 Å². The van der Waals surface area contributed by atoms with Gasteiger partial charge in [0.2, 0.25) is 0 Å². The molecular weight excluding hydrogens is 158 g/mol. The van der Waals surface area contributed by atoms with Gasteiger partial charge in [-0.3, -0.25) is 4.84 Å². The molecule has 0 heterocycles. The summed E-state index contributed by atoms with van der Waals surface area (Å²) in [4.78, 5) is 4.48. The highest BCUT2D eigenvalue weighted by atomic mass is 16.9. The first-order valence-corrected chi connectivity index (χ1v) is 3.80. The molecule has 0 saturated heterocycles. The quantitative estimate of drug-likeness (QED) is 0.602. The van der Waals surface area contributed by atoms with E-state index in [1.807, 2.05) is 6.92 Å². The van der Waals surface area contributed by atoms with Crippen molar-refractivity contribution < 1.29 is 4.84 Å². The van der Waals surface area contributed by atoms with E-state index < -0.39 is 0 Å². The molecule has 0 radical (unpaired) electrons. The number of hydrogen-bond acceptors (Lipinski definition) is 4. The van der Waals surface area contributed by atoms with Gasteiger partial charge in [0, 0.05) is 5.70 Å². The number of hydrazine groups is 1. The second-order valence-corrected chi connectivity index (χ2v) is 2.60. The zero-order valence-corrected chi connectivity index (χ0v) is 7.57. The maximum Gasteiger partial charge on any atom is 0.0584 e. The molecule has 5 nitrogen and oxygen atoms in total. The molecule has 1 aliphatic rings. The van der Waals surface area contributed by atoms with Crippen LogP contribution in [0.15, 0.2) is 11.3 Å². The third-order valence-electron chi connectivity index (χ3n) is 1.81. The molecule has 0 aromatic heterocycles. The molecule has 0 aliphatic heterocycles. The lowest BCUT2D eigenvalue weighted by Crippen LogP contribution is -2.32. The Bertz CT molecular complexity index is 187. The van der Waals surface area contributed by atoms with Crippen LogP contribution in [0.25, 0.3) is 5.43 Å². The minimum Gasteiger partial charge on any atom is -0.744 e. The van der Waals surface area contributed by atoms with Crippen molar-refractivity contribution in [2.45, 2.75) is 19.8 Å². The lowest BCUT2D eigenvalue weighted by atomic mass is 10.4. The van der Waals surface area contributed by atoms with Gasteiger partial charge in [0.15, 0.2) is 0 Å². The summed E-state index contributed by atoms with van der Waals surface area (Å²) in [6.45, 7) is 1.86. The summed E-state index contributed by atoms with van der Waals surface area (Å²) >= 11 is 0. The Kier molecular flexibility index (Phi) is 3.05. The van der Waals surface area contributed by atoms with Crippen molar-refractivity contribution in [1.82, 2.24) is 10.5 Å². The van der Waals surface area contributed by atoms with E-state index in [0.29, 0.717) is 5.34 Å². The van der Waals surface area contributed by atoms with Gasteiger partial charge in [0.05, 0.1) is 7.11 Å². The van der Waals surface area contributed by atoms with Crippen molar-refractivity contribution in [3.63, 3.8) is 0 Å². The average Bonchev–Trinajstić information content (AvgIpc) is 2.87. The van der Waals surface area contributed by atoms with Gasteiger partial charge in [-0.1, -0.05) is 5.57 Å². The molecular formula is C7H13N3O2-2. The SMILES string of the molecule is C[N-]N(C(C)=C1CC1)N([O-])OC. The number of allylic oxidation sites excluding steroid dienone is 2. The maximum atomic E-state index is 11.0. The second-order valence-electron chi connectivity index (χ2n) is 2.60. The van der Waals surface area contributed by atoms with Gasteiger partial charge in [-0.05, 0) is 19.8 Å². The van der Waals surface area contributed by atoms with Crippen molar-refractivity contribution in [2.75, 3.05) is 14.2 Å². The van der Waals surface area contributed by atoms with Crippen LogP contribution in [-0.4, -0.2) is 24.6 Å². The predicted molar refractivity (Wildman–Crippen MR) is 45.3 cm³/mol. The minimum absolute atomic E-state index is 0.362. The molecule has 12 heavy (non-hydrogen) atoms. The summed E-state index contributed by atoms with van der Waals surface area (Å²) in [5, 5.41) is 12.6. The molecule has 0 spiro atoms. The molecule has 70 valence electrons. The summed E-state index contributed by atoms with van der Waals surface area (Å²) in [6.07, 6.45) is 2.13. The van der Waals surface area contributed by atoms with Gasteiger partial charge in [0.1, 0.15) is 0 Å². The van der Waals surface area contributed by atoms with E-state index in [0.717, 1.165) is 18.5 Å². The van der Waals surface area contributed by atoms with Crippen molar-refractivity contribution in [1.29, 1.82) is 0 Å². The standard InChI is InChI=1S/C7H13N3O2/c1-6(7-4-5-7)9(8-2)10(11)12-3/h4-5H2,1-3H3/q-2. The molecule has 0 amide bonds. The lowest BCUT2D eigenvalue weighted by molar-refractivity contribution is -0.201. The van der Waals surface area contributed by atoms with Crippen LogP contribution >= 0.6 is 0 Å². The minimum atomic E-state index is 0.362. The van der Waals surface area contributed by atoms with E-state index >= 15 is 0 Å². The van der Waals surface area contributed by atoms with Crippen LogP contribution in [0.5, 0.6) is 0 Å². The molecule has 0 atom stereocenters. The van der Waals surface area contributed by atoms with E-state index in [-0.39, 0.29) is 0 Å². The number of rotatable bonds is 4. The first-order chi connectivity index (χ1) is 5.70. The maximum absolute atomic E-state index is 11.0. The fraction of sp³-hybridized carbons (Fsp3) is 0.714. The lowest BCUT2D eigenvalue weighted by Gasteiger charge is -2.48. The Balaban J connectivity index is 2.61. The highest BCUT2D eigenvalue weighted by molar-refractivity contribution is 5.23. The van der Waals surface area contributed by atoms with E-state index in [9.17, 15) is 5.21 Å². The fourth-order valence-electron chi connectivity index (χ4n) is 0.989. The van der Waals surface area contributed by atoms with Crippen molar-refractivity contribution in [3.8, 4) is 0 Å². The Hall–Kier alpha value is -0.620. The summed E-state index contributed by atoms with van der Waals surface area (Å²) in [7, 11) is 2.87. The summed E-state index contributed by atoms with van der Waals surface area (Å²) in [5.74, 6) is 0. The van der Waals surface area contributed by atoms with Gasteiger partial charge in [-0.2, -0.15) is 5.34 Å².